The van der Waals surface area contributed by atoms with E-state index in [4.69, 9.17) is 14.0 Å². The van der Waals surface area contributed by atoms with Gasteiger partial charge in [-0.2, -0.15) is 0 Å². The van der Waals surface area contributed by atoms with Crippen LogP contribution in [0.15, 0.2) is 78.9 Å². The molecule has 1 aliphatic heterocycles. The highest BCUT2D eigenvalue weighted by molar-refractivity contribution is 7.91. The predicted octanol–water partition coefficient (Wildman–Crippen LogP) is 2.36. The van der Waals surface area contributed by atoms with Crippen molar-refractivity contribution in [3.8, 4) is 0 Å². The van der Waals surface area contributed by atoms with Crippen LogP contribution in [0.4, 0.5) is 0 Å². The number of aliphatic hydroxyl groups is 2. The Labute approximate surface area is 193 Å². The van der Waals surface area contributed by atoms with Crippen LogP contribution in [-0.4, -0.2) is 64.6 Å². The summed E-state index contributed by atoms with van der Waals surface area (Å²) < 4.78 is 22.7. The number of hydrogen-bond donors (Lipinski definition) is 5. The minimum Gasteiger partial charge on any atom is -0.387 e. The average molecular weight is 461 g/mol. The third-order valence-corrected chi connectivity index (χ3v) is 5.93. The first-order valence-electron chi connectivity index (χ1n) is 10.7. The molecule has 0 saturated carbocycles. The first-order valence-corrected chi connectivity index (χ1v) is 11.5. The Balaban J connectivity index is 1.60. The van der Waals surface area contributed by atoms with Crippen molar-refractivity contribution in [3.63, 3.8) is 0 Å². The summed E-state index contributed by atoms with van der Waals surface area (Å²) in [6.07, 6.45) is 10.7. The van der Waals surface area contributed by atoms with Crippen LogP contribution in [0.5, 0.6) is 0 Å². The number of benzene rings is 1. The highest BCUT2D eigenvalue weighted by Crippen LogP contribution is 2.18. The minimum atomic E-state index is -0.754. The van der Waals surface area contributed by atoms with E-state index >= 15 is 0 Å². The lowest BCUT2D eigenvalue weighted by molar-refractivity contribution is 0.0501. The minimum absolute atomic E-state index is 0.105. The molecule has 7 nitrogen and oxygen atoms in total. The van der Waals surface area contributed by atoms with E-state index in [0.717, 1.165) is 12.8 Å². The van der Waals surface area contributed by atoms with E-state index in [0.29, 0.717) is 24.3 Å². The van der Waals surface area contributed by atoms with E-state index in [1.54, 1.807) is 24.3 Å². The molecule has 1 aromatic rings. The molecule has 1 fully saturated rings. The zero-order chi connectivity index (χ0) is 22.8. The summed E-state index contributed by atoms with van der Waals surface area (Å²) >= 11 is 0.448. The predicted molar refractivity (Wildman–Crippen MR) is 127 cm³/mol. The number of ether oxygens (including phenoxy) is 2. The van der Waals surface area contributed by atoms with Crippen LogP contribution in [-0.2, 0) is 15.9 Å². The summed E-state index contributed by atoms with van der Waals surface area (Å²) in [6, 6.07) is 9.85. The van der Waals surface area contributed by atoms with E-state index in [-0.39, 0.29) is 25.0 Å². The maximum atomic E-state index is 10.7. The molecule has 32 heavy (non-hydrogen) atoms. The summed E-state index contributed by atoms with van der Waals surface area (Å²) in [5.74, 6) is 0. The van der Waals surface area contributed by atoms with E-state index in [9.17, 15) is 10.2 Å². The van der Waals surface area contributed by atoms with Crippen molar-refractivity contribution in [1.82, 2.24) is 10.0 Å². The normalized spacial score (nSPS) is 27.4. The number of hydrogen-bond acceptors (Lipinski definition) is 8. The van der Waals surface area contributed by atoms with Crippen molar-refractivity contribution in [1.29, 1.82) is 0 Å². The highest BCUT2D eigenvalue weighted by Gasteiger charge is 2.24. The lowest BCUT2D eigenvalue weighted by atomic mass is 9.96. The van der Waals surface area contributed by atoms with Crippen molar-refractivity contribution >= 4 is 12.2 Å². The molecule has 0 amide bonds. The average Bonchev–Trinajstić information content (AvgIpc) is 3.27. The monoisotopic (exact) mass is 460 g/mol. The van der Waals surface area contributed by atoms with Crippen molar-refractivity contribution in [3.05, 3.63) is 84.5 Å². The van der Waals surface area contributed by atoms with Crippen molar-refractivity contribution < 1.29 is 24.2 Å². The van der Waals surface area contributed by atoms with Gasteiger partial charge in [-0.15, -0.1) is 6.58 Å². The van der Waals surface area contributed by atoms with Crippen LogP contribution < -0.4 is 10.0 Å². The molecule has 3 rings (SSSR count). The van der Waals surface area contributed by atoms with Gasteiger partial charge in [-0.3, -0.25) is 0 Å². The Bertz CT molecular complexity index is 801. The zero-order valence-electron chi connectivity index (χ0n) is 17.9. The molecule has 1 aliphatic carbocycles. The van der Waals surface area contributed by atoms with Crippen molar-refractivity contribution in [2.45, 2.75) is 49.3 Å². The number of rotatable bonds is 12. The molecule has 1 heterocycles. The third-order valence-electron chi connectivity index (χ3n) is 5.55. The van der Waals surface area contributed by atoms with Gasteiger partial charge >= 0.3 is 0 Å². The molecule has 4 unspecified atom stereocenters. The number of aliphatic hydroxyl groups excluding tert-OH is 2. The Kier molecular flexibility index (Phi) is 10.2. The molecule has 8 heteroatoms. The lowest BCUT2D eigenvalue weighted by Gasteiger charge is -2.25. The number of nitrogens with one attached hydrogen (secondary N) is 2. The molecule has 0 radical (unpaired) electrons. The zero-order valence-corrected chi connectivity index (χ0v) is 18.7. The first-order chi connectivity index (χ1) is 15.6. The quantitative estimate of drug-likeness (QED) is 0.184. The smallest absolute Gasteiger partial charge is 0.148 e. The maximum absolute atomic E-state index is 10.7. The van der Waals surface area contributed by atoms with Crippen LogP contribution >= 0.6 is 12.2 Å². The van der Waals surface area contributed by atoms with Gasteiger partial charge in [-0.1, -0.05) is 66.8 Å². The lowest BCUT2D eigenvalue weighted by Crippen LogP contribution is -2.40. The third kappa shape index (κ3) is 7.40. The van der Waals surface area contributed by atoms with Crippen LogP contribution in [0.25, 0.3) is 0 Å². The Morgan fingerprint density at radius 3 is 2.75 bits per heavy atom. The fourth-order valence-electron chi connectivity index (χ4n) is 3.74. The highest BCUT2D eigenvalue weighted by atomic mass is 32.2. The molecular weight excluding hydrogens is 428 g/mol. The Morgan fingerprint density at radius 1 is 1.22 bits per heavy atom. The van der Waals surface area contributed by atoms with E-state index in [1.807, 2.05) is 24.3 Å². The summed E-state index contributed by atoms with van der Waals surface area (Å²) in [5, 5.41) is 24.1. The summed E-state index contributed by atoms with van der Waals surface area (Å²) in [5.41, 5.74) is 1.90. The summed E-state index contributed by atoms with van der Waals surface area (Å²) in [7, 11) is 0. The van der Waals surface area contributed by atoms with Gasteiger partial charge in [0, 0.05) is 12.6 Å². The van der Waals surface area contributed by atoms with Crippen LogP contribution in [0.2, 0.25) is 0 Å². The molecular formula is C24H32N2O5S. The van der Waals surface area contributed by atoms with E-state index < -0.39 is 18.2 Å². The molecule has 0 bridgehead atoms. The fourth-order valence-corrected chi connectivity index (χ4v) is 4.07. The van der Waals surface area contributed by atoms with Gasteiger partial charge in [0.1, 0.15) is 19.0 Å². The van der Waals surface area contributed by atoms with Crippen LogP contribution in [0.1, 0.15) is 12.0 Å². The van der Waals surface area contributed by atoms with Gasteiger partial charge in [0.25, 0.3) is 0 Å². The van der Waals surface area contributed by atoms with Gasteiger partial charge in [0.2, 0.25) is 0 Å². The molecule has 174 valence electrons. The molecule has 1 saturated heterocycles. The van der Waals surface area contributed by atoms with Gasteiger partial charge in [0.15, 0.2) is 0 Å². The molecule has 2 aliphatic rings. The second-order valence-corrected chi connectivity index (χ2v) is 8.26. The fraction of sp³-hybridized carbons (Fsp3) is 0.417. The van der Waals surface area contributed by atoms with E-state index in [1.165, 1.54) is 5.56 Å². The van der Waals surface area contributed by atoms with Gasteiger partial charge in [-0.25, -0.2) is 4.72 Å². The summed E-state index contributed by atoms with van der Waals surface area (Å²) in [4.78, 5) is 0. The molecule has 0 aromatic heterocycles. The molecule has 6 atom stereocenters. The van der Waals surface area contributed by atoms with E-state index in [2.05, 4.69) is 34.8 Å². The van der Waals surface area contributed by atoms with Gasteiger partial charge < -0.3 is 29.6 Å². The standard InChI is InChI=1S/C24H32N2O5S/c1-2-23-24(31-16-30-23)10-6-9-19(13-17-7-4-3-5-8-17)25-15-22(28)18-11-12-21(27)20(14-18)26-32-29/h2-8,10-12,14,19-29H,1,9,13,15-16H2/b10-6-/t19-,20?,21?,22+,23?,24?/m1/s1. The SMILES string of the molecule is C=CC1OCOC1/C=C\C[C@H](Cc1ccccc1)NC[C@H](O)C1=CC(NSO)C(O)C=C1. The molecule has 5 N–H and O–H groups in total. The molecule has 1 aromatic carbocycles. The topological polar surface area (TPSA) is 103 Å². The first kappa shape index (κ1) is 24.9. The summed E-state index contributed by atoms with van der Waals surface area (Å²) in [6.45, 7) is 4.41. The largest absolute Gasteiger partial charge is 0.387 e. The molecule has 0 spiro atoms. The van der Waals surface area contributed by atoms with Gasteiger partial charge in [0.05, 0.1) is 30.5 Å². The Hall–Kier alpha value is -1.75. The second-order valence-electron chi connectivity index (χ2n) is 7.84. The van der Waals surface area contributed by atoms with Crippen molar-refractivity contribution in [2.75, 3.05) is 13.3 Å². The van der Waals surface area contributed by atoms with Gasteiger partial charge in [-0.05, 0) is 24.0 Å². The Morgan fingerprint density at radius 2 is 2.00 bits per heavy atom. The van der Waals surface area contributed by atoms with Crippen molar-refractivity contribution in [2.24, 2.45) is 0 Å². The van der Waals surface area contributed by atoms with Crippen LogP contribution in [0.3, 0.4) is 0 Å². The van der Waals surface area contributed by atoms with Crippen LogP contribution in [0, 0.1) is 0 Å². The second kappa shape index (κ2) is 13.1. The maximum Gasteiger partial charge on any atom is 0.148 e.